The summed E-state index contributed by atoms with van der Waals surface area (Å²) < 4.78 is 10.7. The molecule has 1 aliphatic heterocycles. The molecule has 2 aromatic rings. The Hall–Kier alpha value is -1.10. The summed E-state index contributed by atoms with van der Waals surface area (Å²) in [5.41, 5.74) is 2.60. The van der Waals surface area contributed by atoms with Gasteiger partial charge < -0.3 is 17.1 Å². The van der Waals surface area contributed by atoms with Crippen molar-refractivity contribution in [2.24, 2.45) is 0 Å². The number of para-hydroxylation sites is 2. The lowest BCUT2D eigenvalue weighted by atomic mass is 10.1. The monoisotopic (exact) mass is 421 g/mol. The smallest absolute Gasteiger partial charge is 0.246 e. The van der Waals surface area contributed by atoms with Gasteiger partial charge in [0.2, 0.25) is 6.33 Å². The predicted octanol–water partition coefficient (Wildman–Crippen LogP) is 2.14. The van der Waals surface area contributed by atoms with Gasteiger partial charge in [0.05, 0.1) is 6.61 Å². The summed E-state index contributed by atoms with van der Waals surface area (Å²) in [6.07, 6.45) is 15.7. The number of imidazole rings is 1. The highest BCUT2D eigenvalue weighted by Crippen LogP contribution is 2.13. The van der Waals surface area contributed by atoms with Gasteiger partial charge in [-0.2, -0.15) is 0 Å². The van der Waals surface area contributed by atoms with E-state index >= 15 is 0 Å². The van der Waals surface area contributed by atoms with Crippen molar-refractivity contribution in [3.8, 4) is 0 Å². The van der Waals surface area contributed by atoms with Gasteiger partial charge in [-0.3, -0.25) is 4.90 Å². The molecule has 0 bridgehead atoms. The first-order chi connectivity index (χ1) is 13.9. The van der Waals surface area contributed by atoms with E-state index in [4.69, 9.17) is 4.74 Å². The number of hydrogen-bond donors (Lipinski definition) is 0. The quantitative estimate of drug-likeness (QED) is 0.365. The number of unbranched alkanes of at least 4 members (excludes halogenated alkanes) is 6. The van der Waals surface area contributed by atoms with E-state index in [1.807, 2.05) is 0 Å². The zero-order chi connectivity index (χ0) is 19.4. The minimum Gasteiger partial charge on any atom is -1.00 e. The molecule has 2 heterocycles. The van der Waals surface area contributed by atoms with Crippen LogP contribution in [0.5, 0.6) is 0 Å². The van der Waals surface area contributed by atoms with Gasteiger partial charge in [0.25, 0.3) is 0 Å². The number of hydrogen-bond acceptors (Lipinski definition) is 2. The fraction of sp³-hybridized carbons (Fsp3) is 0.708. The summed E-state index contributed by atoms with van der Waals surface area (Å²) in [4.78, 5) is 2.61. The van der Waals surface area contributed by atoms with Gasteiger partial charge in [-0.1, -0.05) is 64.0 Å². The summed E-state index contributed by atoms with van der Waals surface area (Å²) in [7, 11) is 0. The Balaban J connectivity index is 0.00000300. The molecule has 29 heavy (non-hydrogen) atoms. The Kier molecular flexibility index (Phi) is 11.7. The van der Waals surface area contributed by atoms with Gasteiger partial charge >= 0.3 is 0 Å². The van der Waals surface area contributed by atoms with Crippen LogP contribution in [0.2, 0.25) is 0 Å². The molecular weight excluding hydrogens is 382 g/mol. The fourth-order valence-corrected chi connectivity index (χ4v) is 4.28. The molecule has 0 radical (unpaired) electrons. The first-order valence-electron chi connectivity index (χ1n) is 11.7. The number of fused-ring (bicyclic) bond motifs is 1. The normalized spacial score (nSPS) is 14.9. The second kappa shape index (κ2) is 14.0. The van der Waals surface area contributed by atoms with E-state index < -0.39 is 0 Å². The van der Waals surface area contributed by atoms with Crippen LogP contribution < -0.4 is 17.0 Å². The largest absolute Gasteiger partial charge is 1.00 e. The number of halogens is 1. The number of rotatable bonds is 13. The zero-order valence-electron chi connectivity index (χ0n) is 18.3. The fourth-order valence-electron chi connectivity index (χ4n) is 4.28. The molecule has 4 nitrogen and oxygen atoms in total. The summed E-state index contributed by atoms with van der Waals surface area (Å²) in [5, 5.41) is 0. The zero-order valence-corrected chi connectivity index (χ0v) is 19.1. The van der Waals surface area contributed by atoms with Crippen LogP contribution in [0, 0.1) is 0 Å². The molecule has 1 saturated heterocycles. The minimum atomic E-state index is 0. The van der Waals surface area contributed by atoms with Gasteiger partial charge in [-0.15, -0.1) is 0 Å². The van der Waals surface area contributed by atoms with Crippen LogP contribution in [-0.2, 0) is 18.0 Å². The van der Waals surface area contributed by atoms with Crippen molar-refractivity contribution in [1.29, 1.82) is 0 Å². The lowest BCUT2D eigenvalue weighted by molar-refractivity contribution is -0.710. The van der Waals surface area contributed by atoms with E-state index in [0.717, 1.165) is 19.7 Å². The molecule has 164 valence electrons. The van der Waals surface area contributed by atoms with Gasteiger partial charge in [0.1, 0.15) is 6.54 Å². The minimum absolute atomic E-state index is 0. The van der Waals surface area contributed by atoms with Crippen molar-refractivity contribution in [1.82, 2.24) is 9.47 Å². The van der Waals surface area contributed by atoms with Crippen molar-refractivity contribution in [3.63, 3.8) is 0 Å². The molecule has 1 aromatic heterocycles. The first kappa shape index (κ1) is 24.2. The van der Waals surface area contributed by atoms with E-state index in [-0.39, 0.29) is 12.4 Å². The molecule has 0 atom stereocenters. The molecule has 1 fully saturated rings. The Bertz CT molecular complexity index is 682. The predicted molar refractivity (Wildman–Crippen MR) is 116 cm³/mol. The third kappa shape index (κ3) is 7.92. The Morgan fingerprint density at radius 3 is 2.41 bits per heavy atom. The lowest BCUT2D eigenvalue weighted by Gasteiger charge is -2.25. The van der Waals surface area contributed by atoms with E-state index in [1.165, 1.54) is 88.3 Å². The number of aromatic nitrogens is 2. The third-order valence-electron chi connectivity index (χ3n) is 6.01. The average molecular weight is 422 g/mol. The topological polar surface area (TPSA) is 21.3 Å². The Labute approximate surface area is 183 Å². The standard InChI is InChI=1S/C24H40N3O.ClH/c1-2-3-4-5-6-7-13-20-28-22-27-21-26(23-14-9-10-15-24(23)27)19-18-25-16-11-8-12-17-25;/h9-10,14-15,21H,2-8,11-13,16-20,22H2,1H3;1H/q+1;/p-1. The second-order valence-corrected chi connectivity index (χ2v) is 8.33. The number of piperidine rings is 1. The van der Waals surface area contributed by atoms with E-state index in [2.05, 4.69) is 51.6 Å². The highest BCUT2D eigenvalue weighted by Gasteiger charge is 2.17. The number of benzene rings is 1. The van der Waals surface area contributed by atoms with Crippen LogP contribution in [0.4, 0.5) is 0 Å². The van der Waals surface area contributed by atoms with Crippen molar-refractivity contribution >= 4 is 11.0 Å². The highest BCUT2D eigenvalue weighted by molar-refractivity contribution is 5.71. The molecule has 3 rings (SSSR count). The van der Waals surface area contributed by atoms with Crippen LogP contribution in [0.15, 0.2) is 30.6 Å². The van der Waals surface area contributed by atoms with Crippen molar-refractivity contribution in [2.45, 2.75) is 84.4 Å². The number of nitrogens with zero attached hydrogens (tertiary/aromatic N) is 3. The maximum atomic E-state index is 6.00. The lowest BCUT2D eigenvalue weighted by Crippen LogP contribution is -3.00. The average Bonchev–Trinajstić information content (AvgIpc) is 3.10. The summed E-state index contributed by atoms with van der Waals surface area (Å²) in [5.74, 6) is 0. The Morgan fingerprint density at radius 1 is 0.897 bits per heavy atom. The van der Waals surface area contributed by atoms with Crippen molar-refractivity contribution in [3.05, 3.63) is 30.6 Å². The molecule has 0 saturated carbocycles. The third-order valence-corrected chi connectivity index (χ3v) is 6.01. The van der Waals surface area contributed by atoms with Gasteiger partial charge in [-0.05, 0) is 44.5 Å². The number of likely N-dealkylation sites (tertiary alicyclic amines) is 1. The van der Waals surface area contributed by atoms with E-state index in [1.54, 1.807) is 0 Å². The van der Waals surface area contributed by atoms with Gasteiger partial charge in [0.15, 0.2) is 17.8 Å². The van der Waals surface area contributed by atoms with Crippen molar-refractivity contribution < 1.29 is 21.7 Å². The molecular formula is C24H40ClN3O. The van der Waals surface area contributed by atoms with Gasteiger partial charge in [0, 0.05) is 6.54 Å². The maximum Gasteiger partial charge on any atom is 0.246 e. The van der Waals surface area contributed by atoms with Crippen LogP contribution in [-0.4, -0.2) is 35.7 Å². The molecule has 0 aliphatic carbocycles. The highest BCUT2D eigenvalue weighted by atomic mass is 35.5. The van der Waals surface area contributed by atoms with Crippen LogP contribution >= 0.6 is 0 Å². The molecule has 1 aliphatic rings. The van der Waals surface area contributed by atoms with Crippen molar-refractivity contribution in [2.75, 3.05) is 26.2 Å². The molecule has 0 spiro atoms. The first-order valence-corrected chi connectivity index (χ1v) is 11.7. The number of ether oxygens (including phenoxy) is 1. The summed E-state index contributed by atoms with van der Waals surface area (Å²) in [6.45, 7) is 8.54. The Morgan fingerprint density at radius 2 is 1.62 bits per heavy atom. The van der Waals surface area contributed by atoms with E-state index in [0.29, 0.717) is 6.73 Å². The molecule has 1 aromatic carbocycles. The van der Waals surface area contributed by atoms with Crippen LogP contribution in [0.25, 0.3) is 11.0 Å². The molecule has 0 amide bonds. The molecule has 5 heteroatoms. The van der Waals surface area contributed by atoms with Crippen LogP contribution in [0.1, 0.15) is 71.1 Å². The molecule has 0 unspecified atom stereocenters. The maximum absolute atomic E-state index is 6.00. The second-order valence-electron chi connectivity index (χ2n) is 8.33. The van der Waals surface area contributed by atoms with Gasteiger partial charge in [-0.25, -0.2) is 9.13 Å². The van der Waals surface area contributed by atoms with Crippen LogP contribution in [0.3, 0.4) is 0 Å². The summed E-state index contributed by atoms with van der Waals surface area (Å²) in [6, 6.07) is 8.72. The SMILES string of the molecule is CCCCCCCCCOC[n+]1cn(CCN2CCCCC2)c2ccccc21.[Cl-]. The summed E-state index contributed by atoms with van der Waals surface area (Å²) >= 11 is 0. The van der Waals surface area contributed by atoms with E-state index in [9.17, 15) is 0 Å². The molecule has 0 N–H and O–H groups in total.